The fourth-order valence-electron chi connectivity index (χ4n) is 6.06. The van der Waals surface area contributed by atoms with E-state index in [4.69, 9.17) is 24.7 Å². The summed E-state index contributed by atoms with van der Waals surface area (Å²) in [6, 6.07) is 60.5. The monoisotopic (exact) mass is 819 g/mol. The fraction of sp³-hybridized carbons (Fsp3) is 0.0930. The Morgan fingerprint density at radius 2 is 0.920 bits per heavy atom. The van der Waals surface area contributed by atoms with Crippen LogP contribution in [-0.2, 0) is 21.7 Å². The summed E-state index contributed by atoms with van der Waals surface area (Å²) in [7, 11) is 7.87. The average molecular weight is 820 g/mol. The Labute approximate surface area is 315 Å². The van der Waals surface area contributed by atoms with Crippen LogP contribution in [0.2, 0.25) is 0 Å². The van der Waals surface area contributed by atoms with Gasteiger partial charge in [0.25, 0.3) is 0 Å². The van der Waals surface area contributed by atoms with Crippen LogP contribution < -0.4 is 26.5 Å². The number of hydrogen-bond acceptors (Lipinski definition) is 1. The molecule has 0 radical (unpaired) electrons. The van der Waals surface area contributed by atoms with E-state index in [0.717, 1.165) is 12.2 Å². The first-order chi connectivity index (χ1) is 24.8. The zero-order chi connectivity index (χ0) is 34.6. The van der Waals surface area contributed by atoms with Crippen LogP contribution in [0.3, 0.4) is 0 Å². The van der Waals surface area contributed by atoms with Gasteiger partial charge in [0.05, 0.1) is 32.1 Å². The van der Waals surface area contributed by atoms with Gasteiger partial charge in [-0.3, -0.25) is 4.98 Å². The first-order valence-electron chi connectivity index (χ1n) is 16.5. The second-order valence-electron chi connectivity index (χ2n) is 11.5. The summed E-state index contributed by atoms with van der Waals surface area (Å²) in [5, 5.41) is 12.1. The van der Waals surface area contributed by atoms with Crippen molar-refractivity contribution in [1.82, 2.24) is 4.98 Å². The van der Waals surface area contributed by atoms with Gasteiger partial charge >= 0.3 is 34.5 Å². The van der Waals surface area contributed by atoms with Crippen LogP contribution in [0.4, 0.5) is 0 Å². The van der Waals surface area contributed by atoms with E-state index >= 15 is 0 Å². The van der Waals surface area contributed by atoms with Crippen molar-refractivity contribution >= 4 is 61.7 Å². The van der Waals surface area contributed by atoms with Gasteiger partial charge < -0.3 is 5.32 Å². The number of halogens is 2. The molecule has 1 aromatic heterocycles. The van der Waals surface area contributed by atoms with E-state index in [2.05, 4.69) is 181 Å². The van der Waals surface area contributed by atoms with Gasteiger partial charge in [-0.15, -0.1) is 13.1 Å². The minimum atomic E-state index is -0.956. The topological polar surface area (TPSA) is 27.0 Å². The third kappa shape index (κ3) is 11.7. The molecule has 0 amide bonds. The number of benzene rings is 5. The predicted octanol–water partition coefficient (Wildman–Crippen LogP) is 9.48. The summed E-state index contributed by atoms with van der Waals surface area (Å²) in [5.41, 5.74) is 1.51. The molecule has 0 spiro atoms. The van der Waals surface area contributed by atoms with Crippen LogP contribution >= 0.6 is 35.2 Å². The number of nitrogens with zero attached hydrogens (tertiary/aromatic N) is 2. The summed E-state index contributed by atoms with van der Waals surface area (Å²) in [5.74, 6) is 0.419. The maximum absolute atomic E-state index is 4.85. The van der Waals surface area contributed by atoms with Gasteiger partial charge in [0.15, 0.2) is 0 Å². The summed E-state index contributed by atoms with van der Waals surface area (Å²) in [4.78, 5) is 4.39. The molecule has 7 heteroatoms. The van der Waals surface area contributed by atoms with E-state index in [-0.39, 0.29) is 15.1 Å². The third-order valence-corrected chi connectivity index (χ3v) is 14.2. The maximum Gasteiger partial charge on any atom is 0.102 e. The van der Waals surface area contributed by atoms with Gasteiger partial charge in [0.2, 0.25) is 0 Å². The van der Waals surface area contributed by atoms with Crippen LogP contribution in [0.15, 0.2) is 200 Å². The molecular weight excluding hydrogens is 778 g/mol. The van der Waals surface area contributed by atoms with Crippen molar-refractivity contribution in [2.45, 2.75) is 12.2 Å². The van der Waals surface area contributed by atoms with Gasteiger partial charge in [0.1, 0.15) is 15.9 Å². The fourth-order valence-corrected chi connectivity index (χ4v) is 11.8. The van der Waals surface area contributed by atoms with Crippen molar-refractivity contribution in [3.63, 3.8) is 0 Å². The number of pyridine rings is 1. The molecule has 0 N–H and O–H groups in total. The molecule has 50 heavy (non-hydrogen) atoms. The molecule has 0 saturated carbocycles. The molecule has 2 nitrogen and oxygen atoms in total. The van der Waals surface area contributed by atoms with Crippen molar-refractivity contribution in [1.29, 1.82) is 0 Å². The smallest absolute Gasteiger partial charge is 0.0620 e. The predicted molar refractivity (Wildman–Crippen MR) is 220 cm³/mol. The SMILES string of the molecule is C1=CC(C[N-]Cc2ccccn2)C([PH+](c2ccccc2)c2ccccc2)C=C1.[Cl][Ru][Cl].c1ccc([PH+](c2ccccc2)c2ccccc2)cc1. The zero-order valence-corrected chi connectivity index (χ0v) is 32.9. The molecule has 1 aliphatic carbocycles. The molecule has 0 aliphatic heterocycles. The Morgan fingerprint density at radius 1 is 0.520 bits per heavy atom. The summed E-state index contributed by atoms with van der Waals surface area (Å²) >= 11 is -0.346. The molecule has 1 aliphatic rings. The number of hydrogen-bond donors (Lipinski definition) is 0. The second kappa shape index (κ2) is 21.9. The van der Waals surface area contributed by atoms with Gasteiger partial charge in [-0.25, -0.2) is 0 Å². The summed E-state index contributed by atoms with van der Waals surface area (Å²) in [6.45, 7) is 1.51. The van der Waals surface area contributed by atoms with E-state index in [1.54, 1.807) is 0 Å². The van der Waals surface area contributed by atoms with E-state index < -0.39 is 15.8 Å². The van der Waals surface area contributed by atoms with E-state index in [9.17, 15) is 0 Å². The van der Waals surface area contributed by atoms with Crippen molar-refractivity contribution < 1.29 is 15.1 Å². The van der Waals surface area contributed by atoms with E-state index in [0.29, 0.717) is 18.1 Å². The summed E-state index contributed by atoms with van der Waals surface area (Å²) < 4.78 is 0. The quantitative estimate of drug-likeness (QED) is 0.100. The average Bonchev–Trinajstić information content (AvgIpc) is 3.19. The molecule has 2 atom stereocenters. The van der Waals surface area contributed by atoms with Gasteiger partial charge in [-0.1, -0.05) is 115 Å². The second-order valence-corrected chi connectivity index (χ2v) is 19.3. The van der Waals surface area contributed by atoms with Crippen molar-refractivity contribution in [3.05, 3.63) is 211 Å². The number of allylic oxidation sites excluding steroid dienone is 3. The van der Waals surface area contributed by atoms with E-state index in [1.807, 2.05) is 24.4 Å². The van der Waals surface area contributed by atoms with Gasteiger partial charge in [-0.2, -0.15) is 0 Å². The molecule has 5 aromatic carbocycles. The normalized spacial score (nSPS) is 14.8. The Kier molecular flexibility index (Phi) is 16.6. The first-order valence-corrected chi connectivity index (χ1v) is 24.1. The van der Waals surface area contributed by atoms with Crippen LogP contribution in [0.5, 0.6) is 0 Å². The maximum atomic E-state index is 4.85. The third-order valence-electron chi connectivity index (χ3n) is 8.28. The standard InChI is InChI=1S/C25H24N2P.C18H15P.2ClH.Ru/c1-3-13-23(14-4-1)28(24-15-5-2-6-16-24)25-17-8-7-11-21(25)19-26-20-22-12-9-10-18-27-22;1-4-10-16(11-5-1)19(17-12-6-2-7-13-17)18-14-8-3-9-15-18;;;/h1-18,21,25H,19-20H2;1-15H;2*1H;/q-1;;;;+2. The number of rotatable bonds is 10. The molecule has 0 saturated heterocycles. The zero-order valence-electron chi connectivity index (χ0n) is 27.6. The minimum absolute atomic E-state index is 0.346. The van der Waals surface area contributed by atoms with Gasteiger partial charge in [-0.05, 0) is 84.8 Å². The molecule has 7 rings (SSSR count). The minimum Gasteiger partial charge on any atom is -0.0620 e. The van der Waals surface area contributed by atoms with Gasteiger partial charge in [0, 0.05) is 11.9 Å². The molecule has 0 fully saturated rings. The molecule has 6 aromatic rings. The van der Waals surface area contributed by atoms with E-state index in [1.165, 1.54) is 26.5 Å². The Balaban J connectivity index is 0.000000192. The molecule has 2 unspecified atom stereocenters. The van der Waals surface area contributed by atoms with Crippen molar-refractivity contribution in [2.24, 2.45) is 5.92 Å². The summed E-state index contributed by atoms with van der Waals surface area (Å²) in [6.07, 6.45) is 10.9. The van der Waals surface area contributed by atoms with Crippen LogP contribution in [0.25, 0.3) is 5.32 Å². The van der Waals surface area contributed by atoms with Crippen LogP contribution in [0, 0.1) is 5.92 Å². The number of aromatic nitrogens is 1. The van der Waals surface area contributed by atoms with Crippen LogP contribution in [-0.4, -0.2) is 17.2 Å². The first kappa shape index (κ1) is 38.0. The Hall–Kier alpha value is -3.25. The molecule has 254 valence electrons. The van der Waals surface area contributed by atoms with Crippen LogP contribution in [0.1, 0.15) is 5.69 Å². The Bertz CT molecular complexity index is 1700. The molecular formula is C43H41Cl2N2P2Ru+. The molecule has 0 bridgehead atoms. The van der Waals surface area contributed by atoms with Crippen molar-refractivity contribution in [3.8, 4) is 0 Å². The largest absolute Gasteiger partial charge is 0.102 e. The Morgan fingerprint density at radius 3 is 1.34 bits per heavy atom. The van der Waals surface area contributed by atoms with Crippen molar-refractivity contribution in [2.75, 3.05) is 6.54 Å². The molecule has 1 heterocycles.